The molecule has 1 aliphatic carbocycles. The van der Waals surface area contributed by atoms with Gasteiger partial charge in [-0.2, -0.15) is 13.2 Å². The van der Waals surface area contributed by atoms with Crippen molar-refractivity contribution in [3.05, 3.63) is 41.2 Å². The number of nitrogens with one attached hydrogen (secondary N) is 1. The van der Waals surface area contributed by atoms with Crippen LogP contribution >= 0.6 is 0 Å². The lowest BCUT2D eigenvalue weighted by atomic mass is 10.0. The van der Waals surface area contributed by atoms with Crippen LogP contribution < -0.4 is 5.32 Å². The van der Waals surface area contributed by atoms with Crippen LogP contribution in [0.1, 0.15) is 24.0 Å². The number of hydrogen-bond donors (Lipinski definition) is 1. The third-order valence-corrected chi connectivity index (χ3v) is 7.09. The summed E-state index contributed by atoms with van der Waals surface area (Å²) in [6, 6.07) is 4.83. The number of aryl methyl sites for hydroxylation is 1. The number of benzene rings is 1. The van der Waals surface area contributed by atoms with E-state index in [1.807, 2.05) is 0 Å². The zero-order valence-electron chi connectivity index (χ0n) is 18.9. The normalized spacial score (nSPS) is 27.7. The van der Waals surface area contributed by atoms with E-state index < -0.39 is 17.6 Å². The second-order valence-electron chi connectivity index (χ2n) is 9.57. The maximum atomic E-state index is 13.9. The molecule has 34 heavy (non-hydrogen) atoms. The van der Waals surface area contributed by atoms with Crippen LogP contribution in [0.25, 0.3) is 11.3 Å². The van der Waals surface area contributed by atoms with Crippen molar-refractivity contribution >= 4 is 5.82 Å². The number of halogens is 4. The molecule has 10 heteroatoms. The number of anilines is 1. The predicted octanol–water partition coefficient (Wildman–Crippen LogP) is 4.15. The summed E-state index contributed by atoms with van der Waals surface area (Å²) in [6.45, 7) is 6.23. The van der Waals surface area contributed by atoms with Gasteiger partial charge in [0.05, 0.1) is 31.6 Å². The van der Waals surface area contributed by atoms with E-state index >= 15 is 0 Å². The van der Waals surface area contributed by atoms with Gasteiger partial charge < -0.3 is 19.7 Å². The van der Waals surface area contributed by atoms with E-state index in [0.29, 0.717) is 42.8 Å². The molecule has 1 aromatic carbocycles. The van der Waals surface area contributed by atoms with Gasteiger partial charge in [-0.15, -0.1) is 10.2 Å². The van der Waals surface area contributed by atoms with Crippen molar-refractivity contribution < 1.29 is 27.0 Å². The van der Waals surface area contributed by atoms with E-state index in [-0.39, 0.29) is 23.7 Å². The molecule has 4 atom stereocenters. The summed E-state index contributed by atoms with van der Waals surface area (Å²) >= 11 is 0. The number of alkyl halides is 3. The van der Waals surface area contributed by atoms with Crippen LogP contribution in [0.2, 0.25) is 0 Å². The first-order valence-corrected chi connectivity index (χ1v) is 11.7. The summed E-state index contributed by atoms with van der Waals surface area (Å²) in [5.41, 5.74) is 0.0484. The Hall–Kier alpha value is -2.30. The van der Waals surface area contributed by atoms with Crippen LogP contribution in [0.3, 0.4) is 0 Å². The molecule has 0 amide bonds. The van der Waals surface area contributed by atoms with Gasteiger partial charge in [0, 0.05) is 31.2 Å². The molecule has 2 saturated heterocycles. The smallest absolute Gasteiger partial charge is 0.376 e. The molecule has 1 aromatic heterocycles. The largest absolute Gasteiger partial charge is 0.420 e. The molecule has 184 valence electrons. The molecular formula is C24H28F4N4O2. The molecule has 0 radical (unpaired) electrons. The van der Waals surface area contributed by atoms with Crippen molar-refractivity contribution in [2.45, 2.75) is 38.1 Å². The maximum Gasteiger partial charge on any atom is 0.420 e. The summed E-state index contributed by atoms with van der Waals surface area (Å²) in [5.74, 6) is 0.0595. The van der Waals surface area contributed by atoms with Crippen LogP contribution in [0.4, 0.5) is 23.4 Å². The minimum absolute atomic E-state index is 0.00252. The van der Waals surface area contributed by atoms with Crippen molar-refractivity contribution in [2.24, 2.45) is 11.8 Å². The summed E-state index contributed by atoms with van der Waals surface area (Å²) in [6.07, 6.45) is -2.95. The molecule has 2 aliphatic heterocycles. The summed E-state index contributed by atoms with van der Waals surface area (Å²) in [5, 5.41) is 10.9. The predicted molar refractivity (Wildman–Crippen MR) is 118 cm³/mol. The third kappa shape index (κ3) is 5.04. The van der Waals surface area contributed by atoms with Crippen molar-refractivity contribution in [3.8, 4) is 11.3 Å². The van der Waals surface area contributed by atoms with Crippen LogP contribution in [0, 0.1) is 24.6 Å². The first kappa shape index (κ1) is 23.4. The summed E-state index contributed by atoms with van der Waals surface area (Å²) in [4.78, 5) is 2.38. The van der Waals surface area contributed by atoms with Gasteiger partial charge in [0.25, 0.3) is 0 Å². The molecule has 1 saturated carbocycles. The van der Waals surface area contributed by atoms with Gasteiger partial charge >= 0.3 is 6.18 Å². The van der Waals surface area contributed by atoms with Gasteiger partial charge in [-0.05, 0) is 55.4 Å². The highest BCUT2D eigenvalue weighted by atomic mass is 19.4. The Morgan fingerprint density at radius 2 is 1.85 bits per heavy atom. The van der Waals surface area contributed by atoms with Crippen LogP contribution in [-0.4, -0.2) is 66.7 Å². The Balaban J connectivity index is 1.26. The van der Waals surface area contributed by atoms with Crippen LogP contribution in [0.5, 0.6) is 0 Å². The minimum atomic E-state index is -4.61. The number of hydrogen-bond acceptors (Lipinski definition) is 6. The van der Waals surface area contributed by atoms with Gasteiger partial charge in [0.1, 0.15) is 11.4 Å². The second kappa shape index (κ2) is 9.39. The molecule has 5 rings (SSSR count). The highest BCUT2D eigenvalue weighted by Crippen LogP contribution is 2.41. The Bertz CT molecular complexity index is 1010. The van der Waals surface area contributed by atoms with E-state index in [1.54, 1.807) is 6.92 Å². The van der Waals surface area contributed by atoms with Crippen LogP contribution in [-0.2, 0) is 15.7 Å². The lowest BCUT2D eigenvalue weighted by molar-refractivity contribution is -0.137. The lowest BCUT2D eigenvalue weighted by Crippen LogP contribution is -2.39. The number of likely N-dealkylation sites (tertiary alicyclic amines) is 1. The van der Waals surface area contributed by atoms with Gasteiger partial charge in [0.2, 0.25) is 0 Å². The fraction of sp³-hybridized carbons (Fsp3) is 0.583. The Kier molecular flexibility index (Phi) is 6.47. The third-order valence-electron chi connectivity index (χ3n) is 7.09. The molecule has 3 heterocycles. The monoisotopic (exact) mass is 480 g/mol. The number of rotatable bonds is 5. The standard InChI is InChI=1S/C24H28F4N4O2/c1-14-2-3-17(25)8-20(14)22-9-21(24(26,27)28)23(31-30-22)29-18-6-15-10-32(11-16(15)7-18)12-19-13-33-4-5-34-19/h2-3,8-9,15-16,18-19H,4-7,10-13H2,1H3,(H,29,31)/t15-,16+,18+,19-/m1/s1. The first-order chi connectivity index (χ1) is 16.3. The van der Waals surface area contributed by atoms with E-state index in [2.05, 4.69) is 20.4 Å². The SMILES string of the molecule is Cc1ccc(F)cc1-c1cc(C(F)(F)F)c(N[C@H]2C[C@@H]3CN(C[C@@H]4COCCO4)C[C@@H]3C2)nn1. The zero-order valence-corrected chi connectivity index (χ0v) is 18.9. The highest BCUT2D eigenvalue weighted by molar-refractivity contribution is 5.65. The number of fused-ring (bicyclic) bond motifs is 1. The Labute approximate surface area is 195 Å². The molecule has 0 spiro atoms. The molecule has 1 N–H and O–H groups in total. The van der Waals surface area contributed by atoms with Gasteiger partial charge in [-0.1, -0.05) is 6.07 Å². The van der Waals surface area contributed by atoms with Gasteiger partial charge in [-0.3, -0.25) is 0 Å². The Morgan fingerprint density at radius 1 is 1.09 bits per heavy atom. The van der Waals surface area contributed by atoms with Crippen molar-refractivity contribution in [1.29, 1.82) is 0 Å². The molecular weight excluding hydrogens is 452 g/mol. The van der Waals surface area contributed by atoms with E-state index in [0.717, 1.165) is 38.5 Å². The van der Waals surface area contributed by atoms with Gasteiger partial charge in [-0.25, -0.2) is 4.39 Å². The number of nitrogens with zero attached hydrogens (tertiary/aromatic N) is 3. The lowest BCUT2D eigenvalue weighted by Gasteiger charge is -2.28. The number of aromatic nitrogens is 2. The molecule has 0 unspecified atom stereocenters. The second-order valence-corrected chi connectivity index (χ2v) is 9.57. The molecule has 3 fully saturated rings. The van der Waals surface area contributed by atoms with E-state index in [1.165, 1.54) is 18.2 Å². The topological polar surface area (TPSA) is 59.5 Å². The Morgan fingerprint density at radius 3 is 2.53 bits per heavy atom. The fourth-order valence-electron chi connectivity index (χ4n) is 5.50. The van der Waals surface area contributed by atoms with Crippen molar-refractivity contribution in [1.82, 2.24) is 15.1 Å². The van der Waals surface area contributed by atoms with E-state index in [9.17, 15) is 17.6 Å². The molecule has 2 aromatic rings. The van der Waals surface area contributed by atoms with Gasteiger partial charge in [0.15, 0.2) is 5.82 Å². The van der Waals surface area contributed by atoms with Crippen LogP contribution in [0.15, 0.2) is 24.3 Å². The quantitative estimate of drug-likeness (QED) is 0.649. The molecule has 6 nitrogen and oxygen atoms in total. The number of ether oxygens (including phenoxy) is 2. The fourth-order valence-corrected chi connectivity index (χ4v) is 5.50. The van der Waals surface area contributed by atoms with Crippen molar-refractivity contribution in [3.63, 3.8) is 0 Å². The summed E-state index contributed by atoms with van der Waals surface area (Å²) in [7, 11) is 0. The average Bonchev–Trinajstić information content (AvgIpc) is 3.33. The minimum Gasteiger partial charge on any atom is -0.376 e. The molecule has 0 bridgehead atoms. The van der Waals surface area contributed by atoms with E-state index in [4.69, 9.17) is 9.47 Å². The zero-order chi connectivity index (χ0) is 23.9. The van der Waals surface area contributed by atoms with Crippen molar-refractivity contribution in [2.75, 3.05) is 44.8 Å². The maximum absolute atomic E-state index is 13.9. The first-order valence-electron chi connectivity index (χ1n) is 11.7. The average molecular weight is 481 g/mol. The highest BCUT2D eigenvalue weighted by Gasteiger charge is 2.43. The molecule has 3 aliphatic rings. The summed E-state index contributed by atoms with van der Waals surface area (Å²) < 4.78 is 66.6.